The summed E-state index contributed by atoms with van der Waals surface area (Å²) < 4.78 is 5.44. The zero-order valence-electron chi connectivity index (χ0n) is 12.2. The summed E-state index contributed by atoms with van der Waals surface area (Å²) in [6.07, 6.45) is 0.806. The molecule has 0 aromatic heterocycles. The highest BCUT2D eigenvalue weighted by Gasteiger charge is 2.14. The topological polar surface area (TPSA) is 64.3 Å². The quantitative estimate of drug-likeness (QED) is 0.724. The second-order valence-corrected chi connectivity index (χ2v) is 5.00. The molecule has 0 bridgehead atoms. The molecule has 1 atom stereocenters. The van der Waals surface area contributed by atoms with Crippen molar-refractivity contribution in [2.45, 2.75) is 26.3 Å². The van der Waals surface area contributed by atoms with E-state index in [-0.39, 0.29) is 18.3 Å². The number of carbonyl (C=O) groups excluding carboxylic acids is 1. The van der Waals surface area contributed by atoms with Crippen molar-refractivity contribution in [1.82, 2.24) is 5.32 Å². The monoisotopic (exact) mass is 300 g/mol. The minimum atomic E-state index is -0.599. The summed E-state index contributed by atoms with van der Waals surface area (Å²) in [7, 11) is 0. The largest absolute Gasteiger partial charge is 0.381 e. The van der Waals surface area contributed by atoms with Gasteiger partial charge in [-0.2, -0.15) is 0 Å². The molecule has 0 fully saturated rings. The normalized spacial score (nSPS) is 11.8. The predicted molar refractivity (Wildman–Crippen MR) is 83.9 cm³/mol. The molecule has 3 N–H and O–H groups in total. The molecule has 0 radical (unpaired) electrons. The van der Waals surface area contributed by atoms with Gasteiger partial charge in [-0.3, -0.25) is 4.79 Å². The number of rotatable bonds is 8. The Hall–Kier alpha value is -1.10. The Balaban J connectivity index is 0.00000361. The predicted octanol–water partition coefficient (Wildman–Crippen LogP) is 2.29. The van der Waals surface area contributed by atoms with E-state index in [0.29, 0.717) is 19.1 Å². The summed E-state index contributed by atoms with van der Waals surface area (Å²) in [6.45, 7) is 6.25. The molecule has 0 aliphatic carbocycles. The number of benzene rings is 1. The molecule has 0 saturated carbocycles. The zero-order chi connectivity index (χ0) is 14.1. The minimum absolute atomic E-state index is 0. The van der Waals surface area contributed by atoms with Gasteiger partial charge in [-0.25, -0.2) is 0 Å². The van der Waals surface area contributed by atoms with Crippen LogP contribution in [0.25, 0.3) is 0 Å². The molecule has 5 heteroatoms. The number of halogens is 1. The maximum Gasteiger partial charge on any atom is 0.241 e. The van der Waals surface area contributed by atoms with Gasteiger partial charge >= 0.3 is 0 Å². The zero-order valence-corrected chi connectivity index (χ0v) is 13.0. The van der Waals surface area contributed by atoms with Crippen LogP contribution in [0.2, 0.25) is 0 Å². The van der Waals surface area contributed by atoms with E-state index < -0.39 is 6.04 Å². The average Bonchev–Trinajstić information content (AvgIpc) is 2.42. The summed E-state index contributed by atoms with van der Waals surface area (Å²) in [6, 6.07) is 8.77. The van der Waals surface area contributed by atoms with Crippen LogP contribution in [-0.4, -0.2) is 25.7 Å². The Bertz CT molecular complexity index is 371. The number of hydrogen-bond donors (Lipinski definition) is 2. The van der Waals surface area contributed by atoms with Crippen molar-refractivity contribution in [2.75, 3.05) is 19.8 Å². The molecule has 0 aliphatic heterocycles. The lowest BCUT2D eigenvalue weighted by Crippen LogP contribution is -2.35. The Labute approximate surface area is 127 Å². The van der Waals surface area contributed by atoms with Gasteiger partial charge in [-0.15, -0.1) is 12.4 Å². The third kappa shape index (κ3) is 7.48. The molecule has 1 rings (SSSR count). The lowest BCUT2D eigenvalue weighted by atomic mass is 10.1. The summed E-state index contributed by atoms with van der Waals surface area (Å²) in [4.78, 5) is 11.8. The molecule has 0 spiro atoms. The van der Waals surface area contributed by atoms with Gasteiger partial charge < -0.3 is 15.8 Å². The van der Waals surface area contributed by atoms with E-state index in [1.807, 2.05) is 30.3 Å². The number of hydrogen-bond acceptors (Lipinski definition) is 3. The van der Waals surface area contributed by atoms with Gasteiger partial charge in [0.25, 0.3) is 0 Å². The van der Waals surface area contributed by atoms with E-state index in [4.69, 9.17) is 10.5 Å². The molecule has 0 aliphatic rings. The van der Waals surface area contributed by atoms with Crippen LogP contribution in [0.3, 0.4) is 0 Å². The fourth-order valence-corrected chi connectivity index (χ4v) is 1.63. The van der Waals surface area contributed by atoms with Crippen molar-refractivity contribution >= 4 is 18.3 Å². The van der Waals surface area contributed by atoms with E-state index in [2.05, 4.69) is 19.2 Å². The molecule has 1 aromatic rings. The van der Waals surface area contributed by atoms with E-state index in [1.165, 1.54) is 0 Å². The Morgan fingerprint density at radius 1 is 1.30 bits per heavy atom. The van der Waals surface area contributed by atoms with Crippen molar-refractivity contribution in [1.29, 1.82) is 0 Å². The summed E-state index contributed by atoms with van der Waals surface area (Å²) in [5, 5.41) is 2.83. The Morgan fingerprint density at radius 3 is 2.55 bits per heavy atom. The molecule has 114 valence electrons. The number of nitrogens with two attached hydrogens (primary N) is 1. The highest BCUT2D eigenvalue weighted by Crippen LogP contribution is 2.08. The molecule has 4 nitrogen and oxygen atoms in total. The smallest absolute Gasteiger partial charge is 0.241 e. The molecule has 0 saturated heterocycles. The van der Waals surface area contributed by atoms with E-state index in [0.717, 1.165) is 18.6 Å². The van der Waals surface area contributed by atoms with Crippen molar-refractivity contribution in [3.63, 3.8) is 0 Å². The van der Waals surface area contributed by atoms with Crippen LogP contribution in [0.15, 0.2) is 30.3 Å². The number of ether oxygens (including phenoxy) is 1. The first-order valence-corrected chi connectivity index (χ1v) is 6.77. The molecular formula is C15H25ClN2O2. The Morgan fingerprint density at radius 2 is 1.95 bits per heavy atom. The molecule has 1 amide bonds. The van der Waals surface area contributed by atoms with Gasteiger partial charge in [-0.1, -0.05) is 44.2 Å². The van der Waals surface area contributed by atoms with Crippen LogP contribution in [0.5, 0.6) is 0 Å². The third-order valence-electron chi connectivity index (χ3n) is 2.66. The standard InChI is InChI=1S/C15H24N2O2.ClH/c1-12(2)11-19-10-6-9-17-15(18)14(16)13-7-4-3-5-8-13;/h3-5,7-8,12,14H,6,9-11,16H2,1-2H3,(H,17,18);1H. The van der Waals surface area contributed by atoms with Crippen molar-refractivity contribution in [3.8, 4) is 0 Å². The van der Waals surface area contributed by atoms with Gasteiger partial charge in [0.1, 0.15) is 6.04 Å². The molecular weight excluding hydrogens is 276 g/mol. The number of nitrogens with one attached hydrogen (secondary N) is 1. The molecule has 20 heavy (non-hydrogen) atoms. The first kappa shape index (κ1) is 18.9. The SMILES string of the molecule is CC(C)COCCCNC(=O)C(N)c1ccccc1.Cl. The van der Waals surface area contributed by atoms with Crippen LogP contribution in [-0.2, 0) is 9.53 Å². The van der Waals surface area contributed by atoms with Gasteiger partial charge in [0.05, 0.1) is 0 Å². The van der Waals surface area contributed by atoms with Gasteiger partial charge in [-0.05, 0) is 17.9 Å². The lowest BCUT2D eigenvalue weighted by Gasteiger charge is -2.12. The fraction of sp³-hybridized carbons (Fsp3) is 0.533. The van der Waals surface area contributed by atoms with Gasteiger partial charge in [0.15, 0.2) is 0 Å². The van der Waals surface area contributed by atoms with Crippen molar-refractivity contribution in [3.05, 3.63) is 35.9 Å². The maximum atomic E-state index is 11.8. The first-order chi connectivity index (χ1) is 9.11. The lowest BCUT2D eigenvalue weighted by molar-refractivity contribution is -0.122. The molecule has 1 unspecified atom stereocenters. The number of carbonyl (C=O) groups is 1. The van der Waals surface area contributed by atoms with Crippen LogP contribution in [0, 0.1) is 5.92 Å². The summed E-state index contributed by atoms with van der Waals surface area (Å²) in [5.41, 5.74) is 6.71. The highest BCUT2D eigenvalue weighted by atomic mass is 35.5. The van der Waals surface area contributed by atoms with Crippen LogP contribution in [0.1, 0.15) is 31.9 Å². The van der Waals surface area contributed by atoms with E-state index in [1.54, 1.807) is 0 Å². The van der Waals surface area contributed by atoms with Gasteiger partial charge in [0, 0.05) is 19.8 Å². The summed E-state index contributed by atoms with van der Waals surface area (Å²) in [5.74, 6) is 0.399. The Kier molecular flexibility index (Phi) is 10.1. The second-order valence-electron chi connectivity index (χ2n) is 5.00. The van der Waals surface area contributed by atoms with Crippen LogP contribution >= 0.6 is 12.4 Å². The summed E-state index contributed by atoms with van der Waals surface area (Å²) >= 11 is 0. The number of amides is 1. The maximum absolute atomic E-state index is 11.8. The van der Waals surface area contributed by atoms with E-state index >= 15 is 0 Å². The molecule has 1 aromatic carbocycles. The van der Waals surface area contributed by atoms with Gasteiger partial charge in [0.2, 0.25) is 5.91 Å². The van der Waals surface area contributed by atoms with Crippen molar-refractivity contribution in [2.24, 2.45) is 11.7 Å². The third-order valence-corrected chi connectivity index (χ3v) is 2.66. The second kappa shape index (κ2) is 10.7. The highest BCUT2D eigenvalue weighted by molar-refractivity contribution is 5.85. The van der Waals surface area contributed by atoms with Crippen LogP contribution < -0.4 is 11.1 Å². The average molecular weight is 301 g/mol. The fourth-order valence-electron chi connectivity index (χ4n) is 1.63. The van der Waals surface area contributed by atoms with E-state index in [9.17, 15) is 4.79 Å². The first-order valence-electron chi connectivity index (χ1n) is 6.77. The van der Waals surface area contributed by atoms with Crippen LogP contribution in [0.4, 0.5) is 0 Å². The minimum Gasteiger partial charge on any atom is -0.381 e. The van der Waals surface area contributed by atoms with Crippen molar-refractivity contribution < 1.29 is 9.53 Å². The molecule has 0 heterocycles.